The molecule has 2 aliphatic rings. The number of amides is 1. The first-order valence-electron chi connectivity index (χ1n) is 7.91. The summed E-state index contributed by atoms with van der Waals surface area (Å²) in [5, 5.41) is 6.50. The topological polar surface area (TPSA) is 50.4 Å². The monoisotopic (exact) mass is 288 g/mol. The molecule has 0 bridgehead atoms. The van der Waals surface area contributed by atoms with Crippen LogP contribution in [-0.4, -0.2) is 31.6 Å². The van der Waals surface area contributed by atoms with Crippen LogP contribution in [0.4, 0.5) is 0 Å². The number of hydrogen-bond acceptors (Lipinski definition) is 3. The van der Waals surface area contributed by atoms with Crippen molar-refractivity contribution in [1.82, 2.24) is 10.6 Å². The van der Waals surface area contributed by atoms with Crippen LogP contribution in [-0.2, 0) is 4.79 Å². The molecule has 2 N–H and O–H groups in total. The minimum atomic E-state index is 0.191. The third-order valence-corrected chi connectivity index (χ3v) is 4.45. The SMILES string of the molecule is COc1ccc(C2CC(NCCC(=O)NC3CC3)C2)cc1. The zero-order valence-corrected chi connectivity index (χ0v) is 12.6. The molecule has 0 radical (unpaired) electrons. The van der Waals surface area contributed by atoms with Crippen molar-refractivity contribution >= 4 is 5.91 Å². The van der Waals surface area contributed by atoms with E-state index in [0.717, 1.165) is 38.0 Å². The summed E-state index contributed by atoms with van der Waals surface area (Å²) in [6.45, 7) is 0.790. The number of hydrogen-bond donors (Lipinski definition) is 2. The van der Waals surface area contributed by atoms with Crippen molar-refractivity contribution in [1.29, 1.82) is 0 Å². The van der Waals surface area contributed by atoms with Gasteiger partial charge in [-0.25, -0.2) is 0 Å². The molecule has 2 aliphatic carbocycles. The Balaban J connectivity index is 1.32. The van der Waals surface area contributed by atoms with E-state index in [1.165, 1.54) is 5.56 Å². The molecule has 0 atom stereocenters. The molecule has 114 valence electrons. The normalized spacial score (nSPS) is 24.2. The number of carbonyl (C=O) groups is 1. The molecule has 21 heavy (non-hydrogen) atoms. The molecule has 4 nitrogen and oxygen atoms in total. The van der Waals surface area contributed by atoms with Gasteiger partial charge >= 0.3 is 0 Å². The summed E-state index contributed by atoms with van der Waals surface area (Å²) < 4.78 is 5.18. The first kappa shape index (κ1) is 14.4. The first-order chi connectivity index (χ1) is 10.2. The summed E-state index contributed by atoms with van der Waals surface area (Å²) in [5.41, 5.74) is 1.39. The Bertz CT molecular complexity index is 476. The lowest BCUT2D eigenvalue weighted by molar-refractivity contribution is -0.121. The van der Waals surface area contributed by atoms with E-state index in [4.69, 9.17) is 4.74 Å². The van der Waals surface area contributed by atoms with E-state index in [0.29, 0.717) is 24.4 Å². The number of ether oxygens (including phenoxy) is 1. The van der Waals surface area contributed by atoms with Gasteiger partial charge in [-0.3, -0.25) is 4.79 Å². The maximum atomic E-state index is 11.6. The molecule has 1 amide bonds. The number of carbonyl (C=O) groups excluding carboxylic acids is 1. The van der Waals surface area contributed by atoms with Crippen LogP contribution >= 0.6 is 0 Å². The largest absolute Gasteiger partial charge is 0.497 e. The van der Waals surface area contributed by atoms with Crippen molar-refractivity contribution in [2.24, 2.45) is 0 Å². The number of methoxy groups -OCH3 is 1. The maximum absolute atomic E-state index is 11.6. The lowest BCUT2D eigenvalue weighted by Gasteiger charge is -2.36. The predicted molar refractivity (Wildman–Crippen MR) is 82.5 cm³/mol. The Hall–Kier alpha value is -1.55. The molecule has 4 heteroatoms. The van der Waals surface area contributed by atoms with Gasteiger partial charge in [-0.1, -0.05) is 12.1 Å². The van der Waals surface area contributed by atoms with E-state index in [9.17, 15) is 4.79 Å². The molecule has 0 spiro atoms. The summed E-state index contributed by atoms with van der Waals surface area (Å²) >= 11 is 0. The lowest BCUT2D eigenvalue weighted by Crippen LogP contribution is -2.41. The molecule has 1 aromatic carbocycles. The average Bonchev–Trinajstić information content (AvgIpc) is 3.25. The Morgan fingerprint density at radius 1 is 1.19 bits per heavy atom. The highest BCUT2D eigenvalue weighted by atomic mass is 16.5. The maximum Gasteiger partial charge on any atom is 0.221 e. The van der Waals surface area contributed by atoms with Crippen LogP contribution < -0.4 is 15.4 Å². The zero-order chi connectivity index (χ0) is 14.7. The van der Waals surface area contributed by atoms with Gasteiger partial charge in [0.25, 0.3) is 0 Å². The average molecular weight is 288 g/mol. The quantitative estimate of drug-likeness (QED) is 0.808. The van der Waals surface area contributed by atoms with Crippen LogP contribution in [0.5, 0.6) is 5.75 Å². The van der Waals surface area contributed by atoms with Gasteiger partial charge in [0.2, 0.25) is 5.91 Å². The minimum absolute atomic E-state index is 0.191. The van der Waals surface area contributed by atoms with Crippen molar-refractivity contribution in [2.45, 2.75) is 50.1 Å². The molecule has 0 saturated heterocycles. The fourth-order valence-electron chi connectivity index (χ4n) is 2.85. The molecular formula is C17H24N2O2. The van der Waals surface area contributed by atoms with Gasteiger partial charge in [0, 0.05) is 25.0 Å². The summed E-state index contributed by atoms with van der Waals surface area (Å²) in [7, 11) is 1.69. The number of rotatable bonds is 7. The van der Waals surface area contributed by atoms with Crippen molar-refractivity contribution in [3.8, 4) is 5.75 Å². The first-order valence-corrected chi connectivity index (χ1v) is 7.91. The van der Waals surface area contributed by atoms with Crippen LogP contribution in [0.25, 0.3) is 0 Å². The predicted octanol–water partition coefficient (Wildman–Crippen LogP) is 2.20. The van der Waals surface area contributed by atoms with Crippen molar-refractivity contribution in [3.63, 3.8) is 0 Å². The molecule has 0 aromatic heterocycles. The van der Waals surface area contributed by atoms with Crippen LogP contribution in [0.15, 0.2) is 24.3 Å². The van der Waals surface area contributed by atoms with Gasteiger partial charge in [0.05, 0.1) is 7.11 Å². The standard InChI is InChI=1S/C17H24N2O2/c1-21-16-6-2-12(3-7-16)13-10-15(11-13)18-9-8-17(20)19-14-4-5-14/h2-3,6-7,13-15,18H,4-5,8-11H2,1H3,(H,19,20). The Labute approximate surface area is 126 Å². The summed E-state index contributed by atoms with van der Waals surface area (Å²) in [6, 6.07) is 9.40. The van der Waals surface area contributed by atoms with E-state index < -0.39 is 0 Å². The van der Waals surface area contributed by atoms with E-state index in [1.54, 1.807) is 7.11 Å². The second kappa shape index (κ2) is 6.48. The van der Waals surface area contributed by atoms with Gasteiger partial charge in [-0.2, -0.15) is 0 Å². The fraction of sp³-hybridized carbons (Fsp3) is 0.588. The number of nitrogens with one attached hydrogen (secondary N) is 2. The molecule has 0 heterocycles. The highest BCUT2D eigenvalue weighted by molar-refractivity contribution is 5.76. The van der Waals surface area contributed by atoms with Crippen LogP contribution in [0.2, 0.25) is 0 Å². The smallest absolute Gasteiger partial charge is 0.221 e. The highest BCUT2D eigenvalue weighted by Crippen LogP contribution is 2.37. The van der Waals surface area contributed by atoms with Gasteiger partial charge in [0.1, 0.15) is 5.75 Å². The molecule has 2 fully saturated rings. The highest BCUT2D eigenvalue weighted by Gasteiger charge is 2.30. The lowest BCUT2D eigenvalue weighted by atomic mass is 9.76. The second-order valence-electron chi connectivity index (χ2n) is 6.18. The van der Waals surface area contributed by atoms with Crippen molar-refractivity contribution in [2.75, 3.05) is 13.7 Å². The van der Waals surface area contributed by atoms with E-state index in [-0.39, 0.29) is 5.91 Å². The third-order valence-electron chi connectivity index (χ3n) is 4.45. The van der Waals surface area contributed by atoms with Gasteiger partial charge in [-0.15, -0.1) is 0 Å². The fourth-order valence-corrected chi connectivity index (χ4v) is 2.85. The second-order valence-corrected chi connectivity index (χ2v) is 6.18. The molecule has 1 aromatic rings. The minimum Gasteiger partial charge on any atom is -0.497 e. The van der Waals surface area contributed by atoms with Gasteiger partial charge < -0.3 is 15.4 Å². The molecule has 3 rings (SSSR count). The molecular weight excluding hydrogens is 264 g/mol. The summed E-state index contributed by atoms with van der Waals surface area (Å²) in [6.07, 6.45) is 5.24. The van der Waals surface area contributed by atoms with Crippen molar-refractivity contribution < 1.29 is 9.53 Å². The Kier molecular flexibility index (Phi) is 4.44. The Morgan fingerprint density at radius 2 is 1.90 bits per heavy atom. The van der Waals surface area contributed by atoms with Crippen molar-refractivity contribution in [3.05, 3.63) is 29.8 Å². The molecule has 2 saturated carbocycles. The van der Waals surface area contributed by atoms with Crippen LogP contribution in [0, 0.1) is 0 Å². The van der Waals surface area contributed by atoms with Crippen LogP contribution in [0.3, 0.4) is 0 Å². The summed E-state index contributed by atoms with van der Waals surface area (Å²) in [4.78, 5) is 11.6. The number of benzene rings is 1. The van der Waals surface area contributed by atoms with E-state index in [1.807, 2.05) is 12.1 Å². The molecule has 0 aliphatic heterocycles. The Morgan fingerprint density at radius 3 is 2.52 bits per heavy atom. The third kappa shape index (κ3) is 3.97. The van der Waals surface area contributed by atoms with E-state index in [2.05, 4.69) is 22.8 Å². The summed E-state index contributed by atoms with van der Waals surface area (Å²) in [5.74, 6) is 1.75. The van der Waals surface area contributed by atoms with Crippen LogP contribution in [0.1, 0.15) is 43.6 Å². The van der Waals surface area contributed by atoms with Gasteiger partial charge in [-0.05, 0) is 49.3 Å². The van der Waals surface area contributed by atoms with E-state index >= 15 is 0 Å². The molecule has 0 unspecified atom stereocenters. The van der Waals surface area contributed by atoms with Gasteiger partial charge in [0.15, 0.2) is 0 Å². The zero-order valence-electron chi connectivity index (χ0n) is 12.6.